The van der Waals surface area contributed by atoms with Gasteiger partial charge in [-0.25, -0.2) is 0 Å². The zero-order valence-electron chi connectivity index (χ0n) is 9.48. The van der Waals surface area contributed by atoms with Crippen molar-refractivity contribution in [3.8, 4) is 11.5 Å². The first-order chi connectivity index (χ1) is 8.29. The van der Waals surface area contributed by atoms with Gasteiger partial charge in [-0.1, -0.05) is 12.1 Å². The molecule has 0 atom stereocenters. The fourth-order valence-corrected chi connectivity index (χ4v) is 2.78. The molecule has 0 aliphatic rings. The lowest BCUT2D eigenvalue weighted by Gasteiger charge is -2.10. The molecule has 0 unspecified atom stereocenters. The number of ether oxygens (including phenoxy) is 2. The van der Waals surface area contributed by atoms with Gasteiger partial charge in [0.25, 0.3) is 0 Å². The molecule has 2 rings (SSSR count). The van der Waals surface area contributed by atoms with Gasteiger partial charge in [-0.3, -0.25) is 0 Å². The van der Waals surface area contributed by atoms with Gasteiger partial charge in [0.05, 0.1) is 6.61 Å². The topological polar surface area (TPSA) is 18.5 Å². The minimum absolute atomic E-state index is 0.570. The van der Waals surface area contributed by atoms with E-state index in [1.54, 1.807) is 11.3 Å². The average Bonchev–Trinajstić information content (AvgIpc) is 2.74. The Kier molecular flexibility index (Phi) is 4.45. The van der Waals surface area contributed by atoms with Crippen molar-refractivity contribution in [2.75, 3.05) is 6.61 Å². The Morgan fingerprint density at radius 1 is 1.18 bits per heavy atom. The molecule has 0 aliphatic heterocycles. The summed E-state index contributed by atoms with van der Waals surface area (Å²) in [5.74, 6) is 1.59. The lowest BCUT2D eigenvalue weighted by atomic mass is 10.3. The largest absolute Gasteiger partial charge is 0.490 e. The maximum atomic E-state index is 5.75. The minimum Gasteiger partial charge on any atom is -0.490 e. The predicted octanol–water partition coefficient (Wildman–Crippen LogP) is 4.49. The predicted molar refractivity (Wildman–Crippen MR) is 74.0 cm³/mol. The number of rotatable bonds is 5. The summed E-state index contributed by atoms with van der Waals surface area (Å²) < 4.78 is 12.3. The van der Waals surface area contributed by atoms with Crippen LogP contribution in [0.15, 0.2) is 40.2 Å². The molecular weight excluding hydrogens is 300 g/mol. The van der Waals surface area contributed by atoms with Crippen LogP contribution in [0.1, 0.15) is 11.8 Å². The number of thiophene rings is 1. The van der Waals surface area contributed by atoms with Crippen molar-refractivity contribution >= 4 is 27.3 Å². The molecule has 4 heteroatoms. The summed E-state index contributed by atoms with van der Waals surface area (Å²) in [5.41, 5.74) is 0. The number of benzene rings is 1. The highest BCUT2D eigenvalue weighted by Crippen LogP contribution is 2.28. The Hall–Kier alpha value is -1.000. The van der Waals surface area contributed by atoms with E-state index in [1.807, 2.05) is 36.6 Å². The van der Waals surface area contributed by atoms with Crippen LogP contribution < -0.4 is 9.47 Å². The van der Waals surface area contributed by atoms with Gasteiger partial charge < -0.3 is 9.47 Å². The second kappa shape index (κ2) is 6.07. The van der Waals surface area contributed by atoms with E-state index < -0.39 is 0 Å². The van der Waals surface area contributed by atoms with Crippen LogP contribution in [0.4, 0.5) is 0 Å². The summed E-state index contributed by atoms with van der Waals surface area (Å²) in [6.45, 7) is 3.18. The van der Waals surface area contributed by atoms with E-state index in [2.05, 4.69) is 22.0 Å². The third kappa shape index (κ3) is 3.48. The van der Waals surface area contributed by atoms with Gasteiger partial charge in [0.15, 0.2) is 11.5 Å². The molecule has 0 fully saturated rings. The van der Waals surface area contributed by atoms with E-state index in [0.29, 0.717) is 13.2 Å². The second-order valence-electron chi connectivity index (χ2n) is 3.40. The van der Waals surface area contributed by atoms with Gasteiger partial charge in [-0.15, -0.1) is 11.3 Å². The lowest BCUT2D eigenvalue weighted by Crippen LogP contribution is -1.98. The molecule has 0 spiro atoms. The summed E-state index contributed by atoms with van der Waals surface area (Å²) in [6, 6.07) is 9.80. The lowest BCUT2D eigenvalue weighted by molar-refractivity contribution is 0.271. The fraction of sp³-hybridized carbons (Fsp3) is 0.231. The van der Waals surface area contributed by atoms with Crippen molar-refractivity contribution < 1.29 is 9.47 Å². The number of hydrogen-bond acceptors (Lipinski definition) is 3. The number of para-hydroxylation sites is 2. The van der Waals surface area contributed by atoms with Gasteiger partial charge in [-0.05, 0) is 41.1 Å². The zero-order valence-corrected chi connectivity index (χ0v) is 11.9. The van der Waals surface area contributed by atoms with Gasteiger partial charge >= 0.3 is 0 Å². The van der Waals surface area contributed by atoms with Crippen LogP contribution in [0.3, 0.4) is 0 Å². The average molecular weight is 313 g/mol. The molecule has 0 bridgehead atoms. The molecule has 0 amide bonds. The molecule has 0 saturated carbocycles. The first-order valence-electron chi connectivity index (χ1n) is 5.37. The molecule has 0 saturated heterocycles. The van der Waals surface area contributed by atoms with Crippen LogP contribution in [0.2, 0.25) is 0 Å². The second-order valence-corrected chi connectivity index (χ2v) is 5.31. The van der Waals surface area contributed by atoms with Crippen LogP contribution in [-0.4, -0.2) is 6.61 Å². The molecule has 0 N–H and O–H groups in total. The fourth-order valence-electron chi connectivity index (χ4n) is 1.42. The first kappa shape index (κ1) is 12.5. The van der Waals surface area contributed by atoms with Gasteiger partial charge in [0.1, 0.15) is 6.61 Å². The summed E-state index contributed by atoms with van der Waals surface area (Å²) in [7, 11) is 0. The van der Waals surface area contributed by atoms with Crippen molar-refractivity contribution in [2.45, 2.75) is 13.5 Å². The van der Waals surface area contributed by atoms with Gasteiger partial charge in [-0.2, -0.15) is 0 Å². The van der Waals surface area contributed by atoms with Crippen molar-refractivity contribution in [1.29, 1.82) is 0 Å². The van der Waals surface area contributed by atoms with Crippen molar-refractivity contribution in [1.82, 2.24) is 0 Å². The summed E-state index contributed by atoms with van der Waals surface area (Å²) >= 11 is 5.10. The standard InChI is InChI=1S/C13H13BrO2S/c1-2-15-12-5-3-4-6-13(12)16-8-11-7-10(14)9-17-11/h3-7,9H,2,8H2,1H3. The van der Waals surface area contributed by atoms with Crippen LogP contribution in [0.25, 0.3) is 0 Å². The SMILES string of the molecule is CCOc1ccccc1OCc1cc(Br)cs1. The van der Waals surface area contributed by atoms with Crippen molar-refractivity contribution in [3.05, 3.63) is 45.1 Å². The molecule has 2 aromatic rings. The minimum atomic E-state index is 0.570. The van der Waals surface area contributed by atoms with Crippen LogP contribution >= 0.6 is 27.3 Å². The third-order valence-corrected chi connectivity index (χ3v) is 3.81. The molecule has 0 radical (unpaired) electrons. The van der Waals surface area contributed by atoms with Crippen molar-refractivity contribution in [3.63, 3.8) is 0 Å². The van der Waals surface area contributed by atoms with Crippen LogP contribution in [0.5, 0.6) is 11.5 Å². The smallest absolute Gasteiger partial charge is 0.161 e. The van der Waals surface area contributed by atoms with Gasteiger partial charge in [0.2, 0.25) is 0 Å². The van der Waals surface area contributed by atoms with Crippen LogP contribution in [-0.2, 0) is 6.61 Å². The zero-order chi connectivity index (χ0) is 12.1. The Balaban J connectivity index is 2.03. The Morgan fingerprint density at radius 2 is 1.88 bits per heavy atom. The quantitative estimate of drug-likeness (QED) is 0.810. The molecule has 1 aromatic heterocycles. The molecule has 17 heavy (non-hydrogen) atoms. The highest BCUT2D eigenvalue weighted by atomic mass is 79.9. The molecule has 1 aromatic carbocycles. The van der Waals surface area contributed by atoms with Gasteiger partial charge in [0, 0.05) is 14.7 Å². The normalized spacial score (nSPS) is 10.2. The summed E-state index contributed by atoms with van der Waals surface area (Å²) in [5, 5.41) is 2.05. The maximum absolute atomic E-state index is 5.75. The highest BCUT2D eigenvalue weighted by Gasteiger charge is 2.04. The summed E-state index contributed by atoms with van der Waals surface area (Å²) in [6.07, 6.45) is 0. The van der Waals surface area contributed by atoms with E-state index >= 15 is 0 Å². The van der Waals surface area contributed by atoms with E-state index in [0.717, 1.165) is 16.0 Å². The highest BCUT2D eigenvalue weighted by molar-refractivity contribution is 9.10. The van der Waals surface area contributed by atoms with E-state index in [4.69, 9.17) is 9.47 Å². The van der Waals surface area contributed by atoms with Crippen molar-refractivity contribution in [2.24, 2.45) is 0 Å². The summed E-state index contributed by atoms with van der Waals surface area (Å²) in [4.78, 5) is 1.18. The van der Waals surface area contributed by atoms with E-state index in [9.17, 15) is 0 Å². The van der Waals surface area contributed by atoms with E-state index in [1.165, 1.54) is 4.88 Å². The Bertz CT molecular complexity index is 482. The Labute approximate surface area is 113 Å². The molecule has 0 aliphatic carbocycles. The third-order valence-electron chi connectivity index (χ3n) is 2.14. The number of halogens is 1. The van der Waals surface area contributed by atoms with Crippen LogP contribution in [0, 0.1) is 0 Å². The molecular formula is C13H13BrO2S. The maximum Gasteiger partial charge on any atom is 0.161 e. The molecule has 1 heterocycles. The molecule has 90 valence electrons. The molecule has 2 nitrogen and oxygen atoms in total. The van der Waals surface area contributed by atoms with E-state index in [-0.39, 0.29) is 0 Å². The number of hydrogen-bond donors (Lipinski definition) is 0. The monoisotopic (exact) mass is 312 g/mol. The Morgan fingerprint density at radius 3 is 2.47 bits per heavy atom. The first-order valence-corrected chi connectivity index (χ1v) is 7.04.